The van der Waals surface area contributed by atoms with E-state index in [0.29, 0.717) is 5.69 Å². The van der Waals surface area contributed by atoms with E-state index in [0.717, 1.165) is 25.5 Å². The number of hydrogen-bond acceptors (Lipinski definition) is 1. The molecule has 0 aliphatic carbocycles. The van der Waals surface area contributed by atoms with Crippen LogP contribution in [0.5, 0.6) is 0 Å². The van der Waals surface area contributed by atoms with Crippen molar-refractivity contribution in [2.45, 2.75) is 32.6 Å². The Balaban J connectivity index is 2.45. The van der Waals surface area contributed by atoms with Gasteiger partial charge in [0.05, 0.1) is 10.2 Å². The van der Waals surface area contributed by atoms with E-state index in [1.807, 2.05) is 0 Å². The van der Waals surface area contributed by atoms with Gasteiger partial charge < -0.3 is 5.32 Å². The van der Waals surface area contributed by atoms with Crippen molar-refractivity contribution in [3.63, 3.8) is 0 Å². The summed E-state index contributed by atoms with van der Waals surface area (Å²) in [4.78, 5) is 0. The summed E-state index contributed by atoms with van der Waals surface area (Å²) >= 11 is 3.03. The van der Waals surface area contributed by atoms with E-state index in [4.69, 9.17) is 0 Å². The van der Waals surface area contributed by atoms with Crippen molar-refractivity contribution in [2.24, 2.45) is 0 Å². The lowest BCUT2D eigenvalue weighted by Crippen LogP contribution is -2.03. The minimum atomic E-state index is -0.575. The van der Waals surface area contributed by atoms with E-state index >= 15 is 0 Å². The Morgan fingerprint density at radius 3 is 2.56 bits per heavy atom. The van der Waals surface area contributed by atoms with Gasteiger partial charge in [-0.05, 0) is 28.4 Å². The first-order valence-electron chi connectivity index (χ1n) is 5.53. The normalized spacial score (nSPS) is 10.5. The highest BCUT2D eigenvalue weighted by molar-refractivity contribution is 9.10. The molecule has 0 heterocycles. The van der Waals surface area contributed by atoms with E-state index in [-0.39, 0.29) is 4.47 Å². The summed E-state index contributed by atoms with van der Waals surface area (Å²) < 4.78 is 26.5. The first-order chi connectivity index (χ1) is 7.65. The maximum atomic E-state index is 13.3. The second kappa shape index (κ2) is 6.84. The smallest absolute Gasteiger partial charge is 0.149 e. The molecule has 1 aromatic carbocycles. The second-order valence-corrected chi connectivity index (χ2v) is 4.59. The Bertz CT molecular complexity index is 342. The van der Waals surface area contributed by atoms with Gasteiger partial charge in [0.25, 0.3) is 0 Å². The summed E-state index contributed by atoms with van der Waals surface area (Å²) in [7, 11) is 0. The van der Waals surface area contributed by atoms with Gasteiger partial charge >= 0.3 is 0 Å². The number of unbranched alkanes of at least 4 members (excludes halogenated alkanes) is 3. The molecule has 0 amide bonds. The average molecular weight is 292 g/mol. The molecule has 0 radical (unpaired) electrons. The molecule has 4 heteroatoms. The van der Waals surface area contributed by atoms with Gasteiger partial charge in [-0.1, -0.05) is 26.2 Å². The molecule has 0 aromatic heterocycles. The monoisotopic (exact) mass is 291 g/mol. The van der Waals surface area contributed by atoms with Gasteiger partial charge in [-0.3, -0.25) is 0 Å². The van der Waals surface area contributed by atoms with E-state index in [1.165, 1.54) is 18.9 Å². The van der Waals surface area contributed by atoms with Crippen molar-refractivity contribution < 1.29 is 8.78 Å². The van der Waals surface area contributed by atoms with Crippen LogP contribution in [-0.4, -0.2) is 6.54 Å². The number of anilines is 1. The van der Waals surface area contributed by atoms with Gasteiger partial charge in [0.2, 0.25) is 0 Å². The SMILES string of the molecule is CCCCCCNc1cc(Br)c(F)cc1F. The molecule has 90 valence electrons. The summed E-state index contributed by atoms with van der Waals surface area (Å²) in [6, 6.07) is 2.32. The quantitative estimate of drug-likeness (QED) is 0.591. The minimum absolute atomic E-state index is 0.282. The molecular formula is C12H16BrF2N. The van der Waals surface area contributed by atoms with Crippen LogP contribution in [0.25, 0.3) is 0 Å². The molecule has 1 N–H and O–H groups in total. The first-order valence-corrected chi connectivity index (χ1v) is 6.33. The van der Waals surface area contributed by atoms with Crippen LogP contribution in [0.15, 0.2) is 16.6 Å². The van der Waals surface area contributed by atoms with Gasteiger partial charge in [-0.2, -0.15) is 0 Å². The molecular weight excluding hydrogens is 276 g/mol. The highest BCUT2D eigenvalue weighted by atomic mass is 79.9. The van der Waals surface area contributed by atoms with E-state index in [9.17, 15) is 8.78 Å². The molecule has 1 rings (SSSR count). The summed E-state index contributed by atoms with van der Waals surface area (Å²) in [5.74, 6) is -1.12. The van der Waals surface area contributed by atoms with Gasteiger partial charge in [0, 0.05) is 12.6 Å². The van der Waals surface area contributed by atoms with Crippen LogP contribution in [0.4, 0.5) is 14.5 Å². The molecule has 1 nitrogen and oxygen atoms in total. The molecule has 0 aliphatic heterocycles. The van der Waals surface area contributed by atoms with Crippen LogP contribution in [0.2, 0.25) is 0 Å². The fourth-order valence-corrected chi connectivity index (χ4v) is 1.78. The van der Waals surface area contributed by atoms with Crippen molar-refractivity contribution >= 4 is 21.6 Å². The number of nitrogens with one attached hydrogen (secondary N) is 1. The molecule has 16 heavy (non-hydrogen) atoms. The first kappa shape index (κ1) is 13.4. The van der Waals surface area contributed by atoms with Crippen LogP contribution in [0, 0.1) is 11.6 Å². The van der Waals surface area contributed by atoms with Crippen molar-refractivity contribution in [1.82, 2.24) is 0 Å². The zero-order valence-electron chi connectivity index (χ0n) is 9.32. The molecule has 0 saturated heterocycles. The van der Waals surface area contributed by atoms with E-state index in [1.54, 1.807) is 0 Å². The Morgan fingerprint density at radius 1 is 1.12 bits per heavy atom. The molecule has 0 aliphatic rings. The second-order valence-electron chi connectivity index (χ2n) is 3.73. The Morgan fingerprint density at radius 2 is 1.88 bits per heavy atom. The fraction of sp³-hybridized carbons (Fsp3) is 0.500. The standard InChI is InChI=1S/C12H16BrF2N/c1-2-3-4-5-6-16-12-7-9(13)10(14)8-11(12)15/h7-8,16H,2-6H2,1H3. The van der Waals surface area contributed by atoms with Crippen molar-refractivity contribution in [3.05, 3.63) is 28.2 Å². The highest BCUT2D eigenvalue weighted by Crippen LogP contribution is 2.23. The number of hydrogen-bond donors (Lipinski definition) is 1. The average Bonchev–Trinajstić information content (AvgIpc) is 2.25. The summed E-state index contributed by atoms with van der Waals surface area (Å²) in [5.41, 5.74) is 0.352. The molecule has 0 bridgehead atoms. The van der Waals surface area contributed by atoms with Crippen LogP contribution in [0.1, 0.15) is 32.6 Å². The summed E-state index contributed by atoms with van der Waals surface area (Å²) in [6.45, 7) is 2.86. The Labute approximate surface area is 103 Å². The predicted octanol–water partition coefficient (Wildman–Crippen LogP) is 4.72. The summed E-state index contributed by atoms with van der Waals surface area (Å²) in [5, 5.41) is 2.97. The highest BCUT2D eigenvalue weighted by Gasteiger charge is 2.07. The molecule has 0 saturated carbocycles. The zero-order valence-corrected chi connectivity index (χ0v) is 10.9. The molecule has 0 atom stereocenters. The number of halogens is 3. The van der Waals surface area contributed by atoms with Gasteiger partial charge in [-0.25, -0.2) is 8.78 Å². The lowest BCUT2D eigenvalue weighted by Gasteiger charge is -2.08. The Hall–Kier alpha value is -0.640. The van der Waals surface area contributed by atoms with Crippen molar-refractivity contribution in [1.29, 1.82) is 0 Å². The fourth-order valence-electron chi connectivity index (χ4n) is 1.43. The van der Waals surface area contributed by atoms with Crippen LogP contribution in [0.3, 0.4) is 0 Å². The maximum absolute atomic E-state index is 13.3. The van der Waals surface area contributed by atoms with Gasteiger partial charge in [0.1, 0.15) is 11.6 Å². The lowest BCUT2D eigenvalue weighted by molar-refractivity contribution is 0.580. The lowest BCUT2D eigenvalue weighted by atomic mass is 10.2. The van der Waals surface area contributed by atoms with E-state index in [2.05, 4.69) is 28.2 Å². The van der Waals surface area contributed by atoms with Gasteiger partial charge in [-0.15, -0.1) is 0 Å². The predicted molar refractivity (Wildman–Crippen MR) is 66.7 cm³/mol. The molecule has 1 aromatic rings. The zero-order chi connectivity index (χ0) is 12.0. The third-order valence-corrected chi connectivity index (χ3v) is 2.96. The van der Waals surface area contributed by atoms with E-state index < -0.39 is 11.6 Å². The summed E-state index contributed by atoms with van der Waals surface area (Å²) in [6.07, 6.45) is 4.50. The third-order valence-electron chi connectivity index (χ3n) is 2.36. The third kappa shape index (κ3) is 4.08. The number of rotatable bonds is 6. The molecule has 0 fully saturated rings. The van der Waals surface area contributed by atoms with Crippen LogP contribution < -0.4 is 5.32 Å². The molecule has 0 unspecified atom stereocenters. The Kier molecular flexibility index (Phi) is 5.74. The van der Waals surface area contributed by atoms with Gasteiger partial charge in [0.15, 0.2) is 0 Å². The van der Waals surface area contributed by atoms with Crippen LogP contribution >= 0.6 is 15.9 Å². The maximum Gasteiger partial charge on any atom is 0.149 e. The van der Waals surface area contributed by atoms with Crippen molar-refractivity contribution in [2.75, 3.05) is 11.9 Å². The van der Waals surface area contributed by atoms with Crippen molar-refractivity contribution in [3.8, 4) is 0 Å². The minimum Gasteiger partial charge on any atom is -0.383 e. The number of benzene rings is 1. The molecule has 0 spiro atoms. The largest absolute Gasteiger partial charge is 0.383 e. The van der Waals surface area contributed by atoms with Crippen LogP contribution in [-0.2, 0) is 0 Å². The topological polar surface area (TPSA) is 12.0 Å².